The van der Waals surface area contributed by atoms with Crippen LogP contribution in [0.25, 0.3) is 11.0 Å². The van der Waals surface area contributed by atoms with Crippen LogP contribution in [0.2, 0.25) is 0 Å². The van der Waals surface area contributed by atoms with Crippen molar-refractivity contribution in [2.75, 3.05) is 5.73 Å². The highest BCUT2D eigenvalue weighted by Crippen LogP contribution is 2.31. The summed E-state index contributed by atoms with van der Waals surface area (Å²) in [6.07, 6.45) is 0. The number of nitrogens with one attached hydrogen (secondary N) is 1. The number of fused-ring (bicyclic) bond motifs is 1. The Labute approximate surface area is 176 Å². The number of nitrogen functional groups attached to an aromatic ring is 1. The number of anilines is 1. The van der Waals surface area contributed by atoms with E-state index in [1.165, 1.54) is 36.7 Å². The Kier molecular flexibility index (Phi) is 10.2. The van der Waals surface area contributed by atoms with Crippen LogP contribution in [-0.2, 0) is 4.79 Å². The third-order valence-corrected chi connectivity index (χ3v) is 3.16. The lowest BCUT2D eigenvalue weighted by molar-refractivity contribution is -0.126. The number of aromatic nitrogens is 1. The molecule has 1 heterocycles. The number of ether oxygens (including phenoxy) is 2. The third kappa shape index (κ3) is 7.95. The molecule has 2 aromatic carbocycles. The molecule has 0 aliphatic heterocycles. The molecular formula is C18H15F5N4O5. The fraction of sp³-hybridized carbons (Fsp3) is 0.167. The van der Waals surface area contributed by atoms with Crippen molar-refractivity contribution in [3.05, 3.63) is 47.8 Å². The average Bonchev–Trinajstić information content (AvgIpc) is 3.10. The molecule has 0 aliphatic rings. The summed E-state index contributed by atoms with van der Waals surface area (Å²) in [4.78, 5) is 9.45. The number of rotatable bonds is 4. The Morgan fingerprint density at radius 3 is 2.22 bits per heavy atom. The normalized spacial score (nSPS) is 9.88. The van der Waals surface area contributed by atoms with E-state index in [0.29, 0.717) is 5.58 Å². The Hall–Kier alpha value is -4.12. The number of amides is 1. The summed E-state index contributed by atoms with van der Waals surface area (Å²) in [7, 11) is 0. The van der Waals surface area contributed by atoms with E-state index >= 15 is 0 Å². The zero-order valence-corrected chi connectivity index (χ0v) is 16.1. The molecule has 0 atom stereocenters. The predicted molar refractivity (Wildman–Crippen MR) is 98.4 cm³/mol. The lowest BCUT2D eigenvalue weighted by atomic mass is 10.2. The predicted octanol–water partition coefficient (Wildman–Crippen LogP) is 3.82. The summed E-state index contributed by atoms with van der Waals surface area (Å²) in [5.41, 5.74) is 6.62. The number of carbonyl (C=O) groups is 1. The minimum atomic E-state index is -3.06. The molecule has 0 spiro atoms. The number of hydrogen-bond donors (Lipinski definition) is 3. The van der Waals surface area contributed by atoms with Crippen molar-refractivity contribution >= 4 is 22.7 Å². The topological polar surface area (TPSA) is 144 Å². The van der Waals surface area contributed by atoms with Crippen molar-refractivity contribution in [3.8, 4) is 17.6 Å². The number of nitrogens with zero attached hydrogens (tertiary/aromatic N) is 2. The molecule has 9 nitrogen and oxygen atoms in total. The highest BCUT2D eigenvalue weighted by atomic mass is 19.3. The van der Waals surface area contributed by atoms with Gasteiger partial charge in [-0.05, 0) is 24.3 Å². The second kappa shape index (κ2) is 12.5. The van der Waals surface area contributed by atoms with Crippen LogP contribution >= 0.6 is 0 Å². The van der Waals surface area contributed by atoms with Crippen molar-refractivity contribution in [1.82, 2.24) is 10.6 Å². The molecule has 1 aromatic heterocycles. The van der Waals surface area contributed by atoms with Gasteiger partial charge in [0.25, 0.3) is 0 Å². The summed E-state index contributed by atoms with van der Waals surface area (Å²) in [5, 5.41) is 19.7. The van der Waals surface area contributed by atoms with E-state index in [-0.39, 0.29) is 17.0 Å². The molecule has 0 saturated carbocycles. The van der Waals surface area contributed by atoms with E-state index in [0.717, 1.165) is 12.1 Å². The highest BCUT2D eigenvalue weighted by molar-refractivity contribution is 5.92. The van der Waals surface area contributed by atoms with E-state index in [4.69, 9.17) is 20.7 Å². The number of hydrogen-bond acceptors (Lipinski definition) is 8. The Bertz CT molecular complexity index is 1070. The van der Waals surface area contributed by atoms with E-state index in [2.05, 4.69) is 14.6 Å². The highest BCUT2D eigenvalue weighted by Gasteiger charge is 2.14. The smallest absolute Gasteiger partial charge is 0.387 e. The summed E-state index contributed by atoms with van der Waals surface area (Å²) in [6, 6.07) is 9.19. The maximum atomic E-state index is 12.8. The molecule has 0 unspecified atom stereocenters. The molecule has 3 rings (SSSR count). The van der Waals surface area contributed by atoms with Crippen molar-refractivity contribution in [3.63, 3.8) is 0 Å². The van der Waals surface area contributed by atoms with Gasteiger partial charge in [-0.15, -0.1) is 0 Å². The zero-order chi connectivity index (χ0) is 24.3. The van der Waals surface area contributed by atoms with Gasteiger partial charge in [0.15, 0.2) is 11.4 Å². The van der Waals surface area contributed by atoms with Gasteiger partial charge < -0.3 is 19.7 Å². The van der Waals surface area contributed by atoms with Crippen LogP contribution in [0, 0.1) is 17.1 Å². The lowest BCUT2D eigenvalue weighted by Gasteiger charge is -2.05. The molecule has 1 amide bonds. The number of nitrogens with two attached hydrogens (primary N) is 1. The van der Waals surface area contributed by atoms with E-state index in [9.17, 15) is 26.7 Å². The SMILES string of the molecule is CC(=O)NO.N#Cc1c(F)cccc1OC(F)F.Nc1noc2cccc(OC(F)F)c12. The number of nitriles is 1. The van der Waals surface area contributed by atoms with Gasteiger partial charge in [-0.1, -0.05) is 17.3 Å². The van der Waals surface area contributed by atoms with Gasteiger partial charge in [0.2, 0.25) is 5.91 Å². The van der Waals surface area contributed by atoms with Crippen molar-refractivity contribution in [1.29, 1.82) is 5.26 Å². The van der Waals surface area contributed by atoms with Gasteiger partial charge in [-0.3, -0.25) is 10.0 Å². The van der Waals surface area contributed by atoms with Gasteiger partial charge in [-0.2, -0.15) is 22.8 Å². The van der Waals surface area contributed by atoms with Crippen LogP contribution < -0.4 is 20.7 Å². The van der Waals surface area contributed by atoms with Crippen LogP contribution in [-0.4, -0.2) is 29.5 Å². The minimum absolute atomic E-state index is 0.0312. The minimum Gasteiger partial charge on any atom is -0.434 e. The van der Waals surface area contributed by atoms with Gasteiger partial charge >= 0.3 is 13.2 Å². The van der Waals surface area contributed by atoms with Gasteiger partial charge in [0.05, 0.1) is 0 Å². The second-order valence-electron chi connectivity index (χ2n) is 5.35. The maximum absolute atomic E-state index is 12.8. The van der Waals surface area contributed by atoms with E-state index in [1.807, 2.05) is 0 Å². The number of carbonyl (C=O) groups excluding carboxylic acids is 1. The molecule has 32 heavy (non-hydrogen) atoms. The fourth-order valence-corrected chi connectivity index (χ4v) is 1.98. The lowest BCUT2D eigenvalue weighted by Crippen LogP contribution is -2.12. The quantitative estimate of drug-likeness (QED) is 0.302. The first-order chi connectivity index (χ1) is 15.1. The number of alkyl halides is 4. The van der Waals surface area contributed by atoms with Crippen LogP contribution in [0.15, 0.2) is 40.9 Å². The standard InChI is InChI=1S/C8H4F3NO.C8H6F2N2O2.C2H5NO2/c9-6-2-1-3-7(5(6)4-12)13-8(10)11;9-8(10)13-4-2-1-3-5-6(4)7(11)12-14-5;1-2(4)3-5/h1-3,8H;1-3,8H,(H2,11,12);5H,1H3,(H,3,4). The van der Waals surface area contributed by atoms with Crippen molar-refractivity contribution in [2.45, 2.75) is 20.1 Å². The molecule has 4 N–H and O–H groups in total. The van der Waals surface area contributed by atoms with E-state index < -0.39 is 36.3 Å². The summed E-state index contributed by atoms with van der Waals surface area (Å²) < 4.78 is 73.1. The van der Waals surface area contributed by atoms with Crippen LogP contribution in [0.4, 0.5) is 27.8 Å². The molecule has 3 aromatic rings. The first kappa shape index (κ1) is 25.9. The van der Waals surface area contributed by atoms with Crippen LogP contribution in [0.1, 0.15) is 12.5 Å². The van der Waals surface area contributed by atoms with Gasteiger partial charge in [-0.25, -0.2) is 9.87 Å². The monoisotopic (exact) mass is 462 g/mol. The van der Waals surface area contributed by atoms with Gasteiger partial charge in [0.1, 0.15) is 34.3 Å². The van der Waals surface area contributed by atoms with Crippen molar-refractivity contribution < 1.29 is 46.0 Å². The third-order valence-electron chi connectivity index (χ3n) is 3.16. The van der Waals surface area contributed by atoms with Crippen LogP contribution in [0.5, 0.6) is 11.5 Å². The molecular weight excluding hydrogens is 447 g/mol. The second-order valence-corrected chi connectivity index (χ2v) is 5.35. The number of halogens is 5. The first-order valence-corrected chi connectivity index (χ1v) is 8.23. The largest absolute Gasteiger partial charge is 0.434 e. The summed E-state index contributed by atoms with van der Waals surface area (Å²) in [5.74, 6) is -1.75. The molecule has 172 valence electrons. The number of benzene rings is 2. The van der Waals surface area contributed by atoms with Crippen LogP contribution in [0.3, 0.4) is 0 Å². The fourth-order valence-electron chi connectivity index (χ4n) is 1.98. The van der Waals surface area contributed by atoms with E-state index in [1.54, 1.807) is 6.07 Å². The number of hydroxylamine groups is 1. The molecule has 14 heteroatoms. The Morgan fingerprint density at radius 1 is 1.16 bits per heavy atom. The molecule has 0 saturated heterocycles. The molecule has 0 radical (unpaired) electrons. The Morgan fingerprint density at radius 2 is 1.69 bits per heavy atom. The maximum Gasteiger partial charge on any atom is 0.387 e. The molecule has 0 bridgehead atoms. The Balaban J connectivity index is 0.000000267. The summed E-state index contributed by atoms with van der Waals surface area (Å²) >= 11 is 0. The average molecular weight is 462 g/mol. The zero-order valence-electron chi connectivity index (χ0n) is 16.1. The summed E-state index contributed by atoms with van der Waals surface area (Å²) in [6.45, 7) is -4.73. The van der Waals surface area contributed by atoms with Crippen molar-refractivity contribution in [2.24, 2.45) is 0 Å². The molecule has 0 aliphatic carbocycles. The molecule has 0 fully saturated rings. The van der Waals surface area contributed by atoms with Gasteiger partial charge in [0, 0.05) is 6.92 Å². The first-order valence-electron chi connectivity index (χ1n) is 8.23.